The number of nitrogens with zero attached hydrogens (tertiary/aromatic N) is 2. The minimum absolute atomic E-state index is 0. The van der Waals surface area contributed by atoms with Gasteiger partial charge in [0.15, 0.2) is 0 Å². The number of amides is 1. The smallest absolute Gasteiger partial charge is 0.317 e. The van der Waals surface area contributed by atoms with E-state index in [1.54, 1.807) is 0 Å². The van der Waals surface area contributed by atoms with E-state index < -0.39 is 5.97 Å². The Bertz CT molecular complexity index is 570. The molecule has 26 heavy (non-hydrogen) atoms. The third-order valence-electron chi connectivity index (χ3n) is 4.84. The van der Waals surface area contributed by atoms with E-state index in [-0.39, 0.29) is 36.9 Å². The van der Waals surface area contributed by atoms with Crippen LogP contribution in [0.4, 0.5) is 0 Å². The topological polar surface area (TPSA) is 72.9 Å². The fraction of sp³-hybridized carbons (Fsp3) is 0.579. The molecule has 0 radical (unpaired) electrons. The summed E-state index contributed by atoms with van der Waals surface area (Å²) < 4.78 is 0. The van der Waals surface area contributed by atoms with Crippen LogP contribution < -0.4 is 5.32 Å². The van der Waals surface area contributed by atoms with Crippen molar-refractivity contribution in [3.63, 3.8) is 0 Å². The molecule has 1 amide bonds. The van der Waals surface area contributed by atoms with E-state index in [9.17, 15) is 9.59 Å². The van der Waals surface area contributed by atoms with Gasteiger partial charge in [-0.2, -0.15) is 0 Å². The van der Waals surface area contributed by atoms with E-state index in [0.717, 1.165) is 37.9 Å². The van der Waals surface area contributed by atoms with Gasteiger partial charge in [0.2, 0.25) is 5.91 Å². The number of carboxylic acids is 1. The average Bonchev–Trinajstić information content (AvgIpc) is 2.80. The Balaban J connectivity index is 0.00000338. The van der Waals surface area contributed by atoms with Crippen LogP contribution in [0.5, 0.6) is 0 Å². The fourth-order valence-electron chi connectivity index (χ4n) is 3.39. The van der Waals surface area contributed by atoms with E-state index >= 15 is 0 Å². The number of carboxylic acid groups (broad SMARTS) is 1. The Morgan fingerprint density at radius 1 is 1.27 bits per heavy atom. The number of halogens is 1. The normalized spacial score (nSPS) is 19.3. The second-order valence-electron chi connectivity index (χ2n) is 6.87. The van der Waals surface area contributed by atoms with E-state index in [4.69, 9.17) is 5.11 Å². The van der Waals surface area contributed by atoms with Crippen LogP contribution in [0.2, 0.25) is 0 Å². The number of aliphatic carboxylic acids is 1. The Morgan fingerprint density at radius 3 is 2.62 bits per heavy atom. The monoisotopic (exact) mass is 383 g/mol. The lowest BCUT2D eigenvalue weighted by atomic mass is 10.1. The van der Waals surface area contributed by atoms with E-state index in [1.165, 1.54) is 0 Å². The number of benzene rings is 1. The quantitative estimate of drug-likeness (QED) is 0.754. The van der Waals surface area contributed by atoms with Crippen LogP contribution in [0.15, 0.2) is 30.3 Å². The lowest BCUT2D eigenvalue weighted by Crippen LogP contribution is -2.40. The molecule has 1 aliphatic heterocycles. The van der Waals surface area contributed by atoms with Gasteiger partial charge in [0.05, 0.1) is 19.1 Å². The largest absolute Gasteiger partial charge is 0.480 e. The first kappa shape index (κ1) is 22.4. The summed E-state index contributed by atoms with van der Waals surface area (Å²) in [6.07, 6.45) is 2.85. The highest BCUT2D eigenvalue weighted by Gasteiger charge is 2.23. The van der Waals surface area contributed by atoms with Gasteiger partial charge in [-0.05, 0) is 45.3 Å². The SMILES string of the molecule is CC(NC(=O)CN1CCCC(N(C)CC(=O)O)CC1)c1ccccc1.Cl. The van der Waals surface area contributed by atoms with E-state index in [0.29, 0.717) is 6.54 Å². The molecule has 146 valence electrons. The highest BCUT2D eigenvalue weighted by atomic mass is 35.5. The first-order chi connectivity index (χ1) is 12.0. The summed E-state index contributed by atoms with van der Waals surface area (Å²) in [5, 5.41) is 12.0. The molecule has 0 aromatic heterocycles. The Morgan fingerprint density at radius 2 is 1.96 bits per heavy atom. The molecule has 6 nitrogen and oxygen atoms in total. The molecule has 0 saturated carbocycles. The molecule has 1 aliphatic rings. The maximum absolute atomic E-state index is 12.3. The number of nitrogens with one attached hydrogen (secondary N) is 1. The van der Waals surface area contributed by atoms with Gasteiger partial charge in [-0.3, -0.25) is 19.4 Å². The maximum Gasteiger partial charge on any atom is 0.317 e. The fourth-order valence-corrected chi connectivity index (χ4v) is 3.39. The van der Waals surface area contributed by atoms with Crippen LogP contribution >= 0.6 is 12.4 Å². The van der Waals surface area contributed by atoms with Crippen LogP contribution in [0.1, 0.15) is 37.8 Å². The zero-order valence-corrected chi connectivity index (χ0v) is 16.4. The molecule has 7 heteroatoms. The molecule has 0 spiro atoms. The summed E-state index contributed by atoms with van der Waals surface area (Å²) in [5.41, 5.74) is 1.10. The van der Waals surface area contributed by atoms with Crippen molar-refractivity contribution in [3.05, 3.63) is 35.9 Å². The highest BCUT2D eigenvalue weighted by Crippen LogP contribution is 2.16. The molecular weight excluding hydrogens is 354 g/mol. The number of likely N-dealkylation sites (tertiary alicyclic amines) is 1. The van der Waals surface area contributed by atoms with Crippen molar-refractivity contribution in [3.8, 4) is 0 Å². The second kappa shape index (κ2) is 11.2. The van der Waals surface area contributed by atoms with Gasteiger partial charge in [-0.1, -0.05) is 30.3 Å². The van der Waals surface area contributed by atoms with Gasteiger partial charge in [0.25, 0.3) is 0 Å². The summed E-state index contributed by atoms with van der Waals surface area (Å²) in [5.74, 6) is -0.758. The van der Waals surface area contributed by atoms with E-state index in [1.807, 2.05) is 49.2 Å². The zero-order valence-electron chi connectivity index (χ0n) is 15.6. The molecule has 1 fully saturated rings. The van der Waals surface area contributed by atoms with Crippen LogP contribution in [0, 0.1) is 0 Å². The zero-order chi connectivity index (χ0) is 18.2. The van der Waals surface area contributed by atoms with Crippen LogP contribution in [0.3, 0.4) is 0 Å². The van der Waals surface area contributed by atoms with Gasteiger partial charge in [0, 0.05) is 12.6 Å². The first-order valence-electron chi connectivity index (χ1n) is 8.94. The van der Waals surface area contributed by atoms with Gasteiger partial charge in [-0.15, -0.1) is 12.4 Å². The molecular formula is C19H30ClN3O3. The highest BCUT2D eigenvalue weighted by molar-refractivity contribution is 5.85. The Kier molecular flexibility index (Phi) is 9.62. The molecule has 0 bridgehead atoms. The Hall–Kier alpha value is -1.63. The molecule has 1 heterocycles. The van der Waals surface area contributed by atoms with Gasteiger partial charge >= 0.3 is 5.97 Å². The number of likely N-dealkylation sites (N-methyl/N-ethyl adjacent to an activating group) is 1. The minimum atomic E-state index is -0.794. The van der Waals surface area contributed by atoms with Crippen molar-refractivity contribution >= 4 is 24.3 Å². The molecule has 0 aliphatic carbocycles. The Labute approximate surface area is 162 Å². The molecule has 1 aromatic rings. The molecule has 2 atom stereocenters. The second-order valence-corrected chi connectivity index (χ2v) is 6.87. The average molecular weight is 384 g/mol. The number of carbonyl (C=O) groups is 2. The summed E-state index contributed by atoms with van der Waals surface area (Å²) in [4.78, 5) is 27.3. The minimum Gasteiger partial charge on any atom is -0.480 e. The lowest BCUT2D eigenvalue weighted by Gasteiger charge is -2.25. The third-order valence-corrected chi connectivity index (χ3v) is 4.84. The molecule has 2 N–H and O–H groups in total. The van der Waals surface area contributed by atoms with Crippen molar-refractivity contribution in [2.45, 2.75) is 38.3 Å². The van der Waals surface area contributed by atoms with Crippen LogP contribution in [0.25, 0.3) is 0 Å². The summed E-state index contributed by atoms with van der Waals surface area (Å²) in [6, 6.07) is 10.2. The van der Waals surface area contributed by atoms with Crippen LogP contribution in [-0.4, -0.2) is 66.1 Å². The van der Waals surface area contributed by atoms with Crippen molar-refractivity contribution < 1.29 is 14.7 Å². The lowest BCUT2D eigenvalue weighted by molar-refractivity contribution is -0.138. The van der Waals surface area contributed by atoms with Gasteiger partial charge in [-0.25, -0.2) is 0 Å². The maximum atomic E-state index is 12.3. The molecule has 2 unspecified atom stereocenters. The standard InChI is InChI=1S/C19H29N3O3.ClH/c1-15(16-7-4-3-5-8-16)20-18(23)13-22-11-6-9-17(10-12-22)21(2)14-19(24)25;/h3-5,7-8,15,17H,6,9-14H2,1-2H3,(H,20,23)(H,24,25);1H. The number of carbonyl (C=O) groups excluding carboxylic acids is 1. The number of rotatable bonds is 7. The van der Waals surface area contributed by atoms with Crippen molar-refractivity contribution in [1.82, 2.24) is 15.1 Å². The number of hydrogen-bond donors (Lipinski definition) is 2. The van der Waals surface area contributed by atoms with Crippen molar-refractivity contribution in [1.29, 1.82) is 0 Å². The predicted octanol–water partition coefficient (Wildman–Crippen LogP) is 2.16. The van der Waals surface area contributed by atoms with Gasteiger partial charge < -0.3 is 10.4 Å². The number of hydrogen-bond acceptors (Lipinski definition) is 4. The van der Waals surface area contributed by atoms with Crippen molar-refractivity contribution in [2.24, 2.45) is 0 Å². The van der Waals surface area contributed by atoms with Crippen LogP contribution in [-0.2, 0) is 9.59 Å². The summed E-state index contributed by atoms with van der Waals surface area (Å²) in [6.45, 7) is 4.16. The van der Waals surface area contributed by atoms with Crippen molar-refractivity contribution in [2.75, 3.05) is 33.2 Å². The summed E-state index contributed by atoms with van der Waals surface area (Å²) in [7, 11) is 1.86. The molecule has 1 saturated heterocycles. The van der Waals surface area contributed by atoms with Gasteiger partial charge in [0.1, 0.15) is 0 Å². The predicted molar refractivity (Wildman–Crippen MR) is 105 cm³/mol. The van der Waals surface area contributed by atoms with E-state index in [2.05, 4.69) is 10.2 Å². The first-order valence-corrected chi connectivity index (χ1v) is 8.94. The molecule has 2 rings (SSSR count). The third kappa shape index (κ3) is 7.32. The molecule has 1 aromatic carbocycles. The summed E-state index contributed by atoms with van der Waals surface area (Å²) >= 11 is 0.